The van der Waals surface area contributed by atoms with Crippen LogP contribution in [0.4, 0.5) is 0 Å². The van der Waals surface area contributed by atoms with Crippen LogP contribution in [-0.4, -0.2) is 22.2 Å². The molecule has 0 saturated carbocycles. The Hall–Kier alpha value is -2.88. The van der Waals surface area contributed by atoms with Gasteiger partial charge in [-0.2, -0.15) is 5.10 Å². The van der Waals surface area contributed by atoms with Gasteiger partial charge in [0.1, 0.15) is 0 Å². The number of rotatable bonds is 7. The first kappa shape index (κ1) is 17.0. The lowest BCUT2D eigenvalue weighted by molar-refractivity contribution is -0.121. The molecule has 1 N–H and O–H groups in total. The highest BCUT2D eigenvalue weighted by Gasteiger charge is 2.19. The van der Waals surface area contributed by atoms with E-state index < -0.39 is 0 Å². The minimum Gasteiger partial charge on any atom is -0.354 e. The van der Waals surface area contributed by atoms with Crippen LogP contribution < -0.4 is 5.32 Å². The Morgan fingerprint density at radius 2 is 1.84 bits per heavy atom. The van der Waals surface area contributed by atoms with Gasteiger partial charge in [-0.1, -0.05) is 54.6 Å². The maximum atomic E-state index is 12.5. The van der Waals surface area contributed by atoms with Gasteiger partial charge in [0.2, 0.25) is 5.91 Å². The van der Waals surface area contributed by atoms with Gasteiger partial charge in [0.15, 0.2) is 0 Å². The molecule has 1 heterocycles. The third-order valence-corrected chi connectivity index (χ3v) is 4.38. The molecule has 4 heteroatoms. The average molecular weight is 333 g/mol. The van der Waals surface area contributed by atoms with Crippen molar-refractivity contribution in [3.05, 3.63) is 89.7 Å². The zero-order valence-corrected chi connectivity index (χ0v) is 14.4. The van der Waals surface area contributed by atoms with Crippen molar-refractivity contribution in [2.45, 2.75) is 25.8 Å². The fraction of sp³-hybridized carbons (Fsp3) is 0.238. The third kappa shape index (κ3) is 4.57. The summed E-state index contributed by atoms with van der Waals surface area (Å²) >= 11 is 0. The second kappa shape index (κ2) is 8.29. The van der Waals surface area contributed by atoms with E-state index in [9.17, 15) is 4.79 Å². The van der Waals surface area contributed by atoms with Crippen LogP contribution >= 0.6 is 0 Å². The molecule has 4 nitrogen and oxygen atoms in total. The summed E-state index contributed by atoms with van der Waals surface area (Å²) in [5, 5.41) is 7.16. The van der Waals surface area contributed by atoms with Crippen LogP contribution in [0.5, 0.6) is 0 Å². The van der Waals surface area contributed by atoms with Crippen LogP contribution in [0.3, 0.4) is 0 Å². The highest BCUT2D eigenvalue weighted by Crippen LogP contribution is 2.30. The molecule has 0 aliphatic carbocycles. The molecule has 1 amide bonds. The quantitative estimate of drug-likeness (QED) is 0.719. The zero-order valence-electron chi connectivity index (χ0n) is 14.4. The number of amides is 1. The van der Waals surface area contributed by atoms with Crippen LogP contribution in [0, 0.1) is 6.92 Å². The molecular weight excluding hydrogens is 310 g/mol. The van der Waals surface area contributed by atoms with E-state index in [1.165, 1.54) is 16.7 Å². The topological polar surface area (TPSA) is 46.9 Å². The van der Waals surface area contributed by atoms with E-state index in [4.69, 9.17) is 0 Å². The molecule has 0 spiro atoms. The largest absolute Gasteiger partial charge is 0.354 e. The number of carbonyl (C=O) groups is 1. The minimum absolute atomic E-state index is 0.0595. The maximum Gasteiger partial charge on any atom is 0.221 e. The first-order valence-electron chi connectivity index (χ1n) is 8.58. The number of nitrogens with zero attached hydrogens (tertiary/aromatic N) is 2. The maximum absolute atomic E-state index is 12.5. The van der Waals surface area contributed by atoms with Crippen molar-refractivity contribution in [1.82, 2.24) is 15.1 Å². The smallest absolute Gasteiger partial charge is 0.221 e. The normalized spacial score (nSPS) is 11.9. The first-order valence-corrected chi connectivity index (χ1v) is 8.58. The van der Waals surface area contributed by atoms with E-state index in [0.717, 1.165) is 0 Å². The van der Waals surface area contributed by atoms with Crippen molar-refractivity contribution < 1.29 is 4.79 Å². The summed E-state index contributed by atoms with van der Waals surface area (Å²) < 4.78 is 1.82. The van der Waals surface area contributed by atoms with Gasteiger partial charge in [0, 0.05) is 31.3 Å². The van der Waals surface area contributed by atoms with Gasteiger partial charge < -0.3 is 5.32 Å². The molecule has 128 valence electrons. The lowest BCUT2D eigenvalue weighted by atomic mass is 9.86. The van der Waals surface area contributed by atoms with E-state index in [0.29, 0.717) is 19.5 Å². The summed E-state index contributed by atoms with van der Waals surface area (Å²) in [6.45, 7) is 3.36. The van der Waals surface area contributed by atoms with Gasteiger partial charge in [0.05, 0.1) is 6.54 Å². The Morgan fingerprint density at radius 1 is 1.08 bits per heavy atom. The molecule has 3 rings (SSSR count). The SMILES string of the molecule is Cc1ccccc1[C@H](CC(=O)NCCn1cccn1)c1ccccc1. The van der Waals surface area contributed by atoms with Crippen LogP contribution in [-0.2, 0) is 11.3 Å². The van der Waals surface area contributed by atoms with Crippen LogP contribution in [0.25, 0.3) is 0 Å². The molecule has 0 bridgehead atoms. The van der Waals surface area contributed by atoms with Crippen molar-refractivity contribution in [1.29, 1.82) is 0 Å². The van der Waals surface area contributed by atoms with Crippen LogP contribution in [0.15, 0.2) is 73.1 Å². The van der Waals surface area contributed by atoms with E-state index in [-0.39, 0.29) is 11.8 Å². The molecule has 2 aromatic carbocycles. The predicted molar refractivity (Wildman–Crippen MR) is 99.3 cm³/mol. The average Bonchev–Trinajstić information content (AvgIpc) is 3.15. The third-order valence-electron chi connectivity index (χ3n) is 4.38. The van der Waals surface area contributed by atoms with Gasteiger partial charge in [-0.05, 0) is 29.7 Å². The molecule has 1 atom stereocenters. The Balaban J connectivity index is 1.69. The van der Waals surface area contributed by atoms with Crippen LogP contribution in [0.2, 0.25) is 0 Å². The van der Waals surface area contributed by atoms with Gasteiger partial charge in [-0.25, -0.2) is 0 Å². The Bertz CT molecular complexity index is 797. The lowest BCUT2D eigenvalue weighted by Crippen LogP contribution is -2.29. The molecule has 1 aromatic heterocycles. The number of aryl methyl sites for hydroxylation is 1. The summed E-state index contributed by atoms with van der Waals surface area (Å²) in [4.78, 5) is 12.5. The molecule has 0 saturated heterocycles. The zero-order chi connectivity index (χ0) is 17.5. The Kier molecular flexibility index (Phi) is 5.62. The number of nitrogens with one attached hydrogen (secondary N) is 1. The summed E-state index contributed by atoms with van der Waals surface area (Å²) in [6.07, 6.45) is 4.08. The second-order valence-electron chi connectivity index (χ2n) is 6.14. The monoisotopic (exact) mass is 333 g/mol. The molecule has 3 aromatic rings. The highest BCUT2D eigenvalue weighted by atomic mass is 16.1. The van der Waals surface area contributed by atoms with Gasteiger partial charge in [0.25, 0.3) is 0 Å². The van der Waals surface area contributed by atoms with Crippen molar-refractivity contribution in [2.24, 2.45) is 0 Å². The fourth-order valence-electron chi connectivity index (χ4n) is 3.07. The van der Waals surface area contributed by atoms with Gasteiger partial charge in [-0.3, -0.25) is 9.48 Å². The summed E-state index contributed by atoms with van der Waals surface area (Å²) in [5.74, 6) is 0.122. The number of benzene rings is 2. The number of carbonyl (C=O) groups excluding carboxylic acids is 1. The van der Waals surface area contributed by atoms with Gasteiger partial charge >= 0.3 is 0 Å². The molecule has 0 radical (unpaired) electrons. The van der Waals surface area contributed by atoms with E-state index >= 15 is 0 Å². The lowest BCUT2D eigenvalue weighted by Gasteiger charge is -2.20. The van der Waals surface area contributed by atoms with E-state index in [1.807, 2.05) is 47.3 Å². The molecule has 0 unspecified atom stereocenters. The van der Waals surface area contributed by atoms with E-state index in [2.05, 4.69) is 41.6 Å². The highest BCUT2D eigenvalue weighted by molar-refractivity contribution is 5.77. The Labute approximate surface area is 148 Å². The molecule has 25 heavy (non-hydrogen) atoms. The van der Waals surface area contributed by atoms with Crippen molar-refractivity contribution in [2.75, 3.05) is 6.54 Å². The van der Waals surface area contributed by atoms with Crippen molar-refractivity contribution >= 4 is 5.91 Å². The Morgan fingerprint density at radius 3 is 2.56 bits per heavy atom. The van der Waals surface area contributed by atoms with E-state index in [1.54, 1.807) is 6.20 Å². The van der Waals surface area contributed by atoms with Crippen molar-refractivity contribution in [3.63, 3.8) is 0 Å². The first-order chi connectivity index (χ1) is 12.2. The van der Waals surface area contributed by atoms with Crippen LogP contribution in [0.1, 0.15) is 29.0 Å². The molecule has 0 aliphatic rings. The number of hydrogen-bond donors (Lipinski definition) is 1. The summed E-state index contributed by atoms with van der Waals surface area (Å²) in [7, 11) is 0. The van der Waals surface area contributed by atoms with Crippen molar-refractivity contribution in [3.8, 4) is 0 Å². The minimum atomic E-state index is 0.0595. The standard InChI is InChI=1S/C21H23N3O/c1-17-8-5-6-11-19(17)20(18-9-3-2-4-10-18)16-21(25)22-13-15-24-14-7-12-23-24/h2-12,14,20H,13,15-16H2,1H3,(H,22,25)/t20-/m1/s1. The van der Waals surface area contributed by atoms with Gasteiger partial charge in [-0.15, -0.1) is 0 Å². The fourth-order valence-corrected chi connectivity index (χ4v) is 3.07. The number of hydrogen-bond acceptors (Lipinski definition) is 2. The number of aromatic nitrogens is 2. The molecule has 0 aliphatic heterocycles. The summed E-state index contributed by atoms with van der Waals surface area (Å²) in [6, 6.07) is 20.4. The summed E-state index contributed by atoms with van der Waals surface area (Å²) in [5.41, 5.74) is 3.58. The molecule has 0 fully saturated rings. The predicted octanol–water partition coefficient (Wildman–Crippen LogP) is 3.53. The molecular formula is C21H23N3O. The second-order valence-corrected chi connectivity index (χ2v) is 6.14.